The van der Waals surface area contributed by atoms with Crippen molar-refractivity contribution < 1.29 is 4.79 Å². The van der Waals surface area contributed by atoms with Crippen molar-refractivity contribution in [3.05, 3.63) is 0 Å². The molecule has 0 saturated carbocycles. The van der Waals surface area contributed by atoms with Crippen molar-refractivity contribution in [3.63, 3.8) is 0 Å². The van der Waals surface area contributed by atoms with Crippen LogP contribution in [0.15, 0.2) is 0 Å². The Morgan fingerprint density at radius 1 is 0.677 bits per heavy atom. The van der Waals surface area contributed by atoms with Gasteiger partial charge in [0.05, 0.1) is 0 Å². The van der Waals surface area contributed by atoms with E-state index in [0.29, 0.717) is 5.92 Å². The zero-order chi connectivity index (χ0) is 23.2. The molecule has 0 spiro atoms. The molecule has 0 aliphatic rings. The van der Waals surface area contributed by atoms with Crippen LogP contribution in [0.1, 0.15) is 137 Å². The summed E-state index contributed by atoms with van der Waals surface area (Å²) in [5.74, 6) is 6.10. The van der Waals surface area contributed by atoms with Crippen molar-refractivity contribution in [1.82, 2.24) is 5.43 Å². The van der Waals surface area contributed by atoms with Crippen LogP contribution < -0.4 is 11.3 Å². The van der Waals surface area contributed by atoms with Crippen LogP contribution in [0.5, 0.6) is 0 Å². The molecule has 0 fully saturated rings. The van der Waals surface area contributed by atoms with E-state index in [2.05, 4.69) is 33.1 Å². The summed E-state index contributed by atoms with van der Waals surface area (Å²) >= 11 is -1.33. The minimum absolute atomic E-state index is 0.0403. The standard InChI is InChI=1S/C11H23N2O.2C8H17.Sn/c1-4-6-7-8-10(5-2)9(3)11(14)13-12;2*1-3-5-7-8-6-4-2;/h9-10H,2,4-8,12H2,1,3H3,(H,13,14);2*1,3-8H2,2H3;. The Morgan fingerprint density at radius 3 is 1.61 bits per heavy atom. The normalized spacial score (nSPS) is 13.5. The van der Waals surface area contributed by atoms with E-state index < -0.39 is 19.8 Å². The van der Waals surface area contributed by atoms with Gasteiger partial charge in [-0.05, 0) is 0 Å². The number of hydrogen-bond acceptors (Lipinski definition) is 2. The molecular formula is C27H57N2OSn. The summed E-state index contributed by atoms with van der Waals surface area (Å²) < 4.78 is 4.66. The second-order valence-corrected chi connectivity index (χ2v) is 18.4. The second-order valence-electron chi connectivity index (χ2n) is 9.88. The van der Waals surface area contributed by atoms with Crippen LogP contribution in [0.25, 0.3) is 0 Å². The quantitative estimate of drug-likeness (QED) is 0.0446. The molecule has 0 aromatic heterocycles. The molecule has 2 unspecified atom stereocenters. The van der Waals surface area contributed by atoms with Crippen LogP contribution in [0.2, 0.25) is 13.3 Å². The second kappa shape index (κ2) is 23.4. The van der Waals surface area contributed by atoms with Gasteiger partial charge in [-0.2, -0.15) is 0 Å². The van der Waals surface area contributed by atoms with Gasteiger partial charge in [0.1, 0.15) is 0 Å². The number of unbranched alkanes of at least 4 members (excludes halogenated alkanes) is 12. The molecule has 1 radical (unpaired) electrons. The Balaban J connectivity index is 4.58. The number of hydrogen-bond donors (Lipinski definition) is 2. The van der Waals surface area contributed by atoms with Crippen LogP contribution in [0.3, 0.4) is 0 Å². The van der Waals surface area contributed by atoms with Gasteiger partial charge in [-0.25, -0.2) is 0 Å². The van der Waals surface area contributed by atoms with Gasteiger partial charge >= 0.3 is 204 Å². The van der Waals surface area contributed by atoms with Crippen molar-refractivity contribution in [1.29, 1.82) is 0 Å². The van der Waals surface area contributed by atoms with Gasteiger partial charge < -0.3 is 0 Å². The van der Waals surface area contributed by atoms with E-state index in [1.54, 1.807) is 8.87 Å². The molecule has 0 aliphatic carbocycles. The monoisotopic (exact) mass is 545 g/mol. The van der Waals surface area contributed by atoms with Gasteiger partial charge in [-0.3, -0.25) is 0 Å². The van der Waals surface area contributed by atoms with Crippen LogP contribution >= 0.6 is 0 Å². The average Bonchev–Trinajstić information content (AvgIpc) is 2.78. The topological polar surface area (TPSA) is 55.1 Å². The molecule has 0 saturated heterocycles. The fourth-order valence-corrected chi connectivity index (χ4v) is 13.4. The molecule has 3 nitrogen and oxygen atoms in total. The summed E-state index contributed by atoms with van der Waals surface area (Å²) in [5.41, 5.74) is 2.42. The Bertz CT molecular complexity index is 375. The Morgan fingerprint density at radius 2 is 1.13 bits per heavy atom. The summed E-state index contributed by atoms with van der Waals surface area (Å²) in [6, 6.07) is 0. The third kappa shape index (κ3) is 18.4. The number of hydrazine groups is 1. The van der Waals surface area contributed by atoms with Gasteiger partial charge in [-0.1, -0.05) is 0 Å². The van der Waals surface area contributed by atoms with Crippen molar-refractivity contribution in [2.45, 2.75) is 150 Å². The molecule has 0 bridgehead atoms. The van der Waals surface area contributed by atoms with Crippen LogP contribution in [0, 0.1) is 11.8 Å². The van der Waals surface area contributed by atoms with Crippen molar-refractivity contribution in [2.75, 3.05) is 0 Å². The summed E-state index contributed by atoms with van der Waals surface area (Å²) in [4.78, 5) is 12.2. The van der Waals surface area contributed by atoms with E-state index in [0.717, 1.165) is 0 Å². The van der Waals surface area contributed by atoms with Crippen LogP contribution in [-0.2, 0) is 4.79 Å². The summed E-state index contributed by atoms with van der Waals surface area (Å²) in [7, 11) is 0. The fourth-order valence-electron chi connectivity index (χ4n) is 4.72. The third-order valence-electron chi connectivity index (χ3n) is 7.08. The van der Waals surface area contributed by atoms with Crippen LogP contribution in [0.4, 0.5) is 0 Å². The van der Waals surface area contributed by atoms with Crippen LogP contribution in [-0.4, -0.2) is 25.7 Å². The fraction of sp³-hybridized carbons (Fsp3) is 0.963. The van der Waals surface area contributed by atoms with Gasteiger partial charge in [-0.15, -0.1) is 0 Å². The van der Waals surface area contributed by atoms with E-state index in [4.69, 9.17) is 5.84 Å². The summed E-state index contributed by atoms with van der Waals surface area (Å²) in [6.45, 7) is 8.96. The number of carbonyl (C=O) groups excluding carboxylic acids is 1. The molecular weight excluding hydrogens is 487 g/mol. The van der Waals surface area contributed by atoms with Gasteiger partial charge in [0.15, 0.2) is 0 Å². The first-order valence-corrected chi connectivity index (χ1v) is 20.0. The Labute approximate surface area is 203 Å². The number of carbonyl (C=O) groups is 1. The molecule has 0 aromatic rings. The molecule has 1 amide bonds. The average molecular weight is 544 g/mol. The zero-order valence-electron chi connectivity index (χ0n) is 21.8. The minimum atomic E-state index is -1.33. The molecule has 0 rings (SSSR count). The van der Waals surface area contributed by atoms with E-state index in [9.17, 15) is 4.79 Å². The van der Waals surface area contributed by atoms with Crippen molar-refractivity contribution >= 4 is 25.7 Å². The van der Waals surface area contributed by atoms with Crippen molar-refractivity contribution in [2.24, 2.45) is 17.7 Å². The van der Waals surface area contributed by atoms with Gasteiger partial charge in [0, 0.05) is 0 Å². The molecule has 0 heterocycles. The Kier molecular flexibility index (Phi) is 23.6. The first-order valence-electron chi connectivity index (χ1n) is 13.9. The molecule has 3 N–H and O–H groups in total. The van der Waals surface area contributed by atoms with Crippen molar-refractivity contribution in [3.8, 4) is 0 Å². The number of nitrogens with one attached hydrogen (secondary N) is 1. The first kappa shape index (κ1) is 31.2. The van der Waals surface area contributed by atoms with Gasteiger partial charge in [0.2, 0.25) is 0 Å². The van der Waals surface area contributed by atoms with Gasteiger partial charge in [0.25, 0.3) is 0 Å². The summed E-state index contributed by atoms with van der Waals surface area (Å²) in [5, 5.41) is 0. The van der Waals surface area contributed by atoms with E-state index in [1.807, 2.05) is 0 Å². The molecule has 185 valence electrons. The number of amides is 1. The summed E-state index contributed by atoms with van der Waals surface area (Å²) in [6.07, 6.45) is 23.4. The molecule has 4 heteroatoms. The first-order chi connectivity index (χ1) is 15.1. The third-order valence-corrected chi connectivity index (χ3v) is 16.0. The number of nitrogens with two attached hydrogens (primary N) is 1. The Hall–Kier alpha value is 0.229. The van der Waals surface area contributed by atoms with E-state index >= 15 is 0 Å². The molecule has 0 aliphatic heterocycles. The predicted octanol–water partition coefficient (Wildman–Crippen LogP) is 8.41. The zero-order valence-corrected chi connectivity index (χ0v) is 24.6. The van der Waals surface area contributed by atoms with E-state index in [1.165, 1.54) is 114 Å². The number of rotatable bonds is 23. The predicted molar refractivity (Wildman–Crippen MR) is 141 cm³/mol. The maximum absolute atomic E-state index is 12.2. The molecule has 2 atom stereocenters. The molecule has 31 heavy (non-hydrogen) atoms. The SMILES string of the molecule is CCCCCCC[CH2][Sn]([CH2]CCCCCCC)[CH2]CC(CCCCC)C(C)C(=O)NN. The van der Waals surface area contributed by atoms with E-state index in [-0.39, 0.29) is 11.8 Å². The molecule has 0 aromatic carbocycles. The maximum atomic E-state index is 12.2.